The first-order valence-corrected chi connectivity index (χ1v) is 10.3. The van der Waals surface area contributed by atoms with Gasteiger partial charge in [-0.05, 0) is 73.7 Å². The van der Waals surface area contributed by atoms with Gasteiger partial charge in [0.05, 0.1) is 12.5 Å². The molecule has 5 rings (SSSR count). The van der Waals surface area contributed by atoms with E-state index in [0.29, 0.717) is 18.4 Å². The first-order chi connectivity index (χ1) is 13.2. The third kappa shape index (κ3) is 3.43. The lowest BCUT2D eigenvalue weighted by atomic mass is 9.73. The van der Waals surface area contributed by atoms with E-state index in [2.05, 4.69) is 40.5 Å². The Balaban J connectivity index is 1.29. The van der Waals surface area contributed by atoms with E-state index in [1.54, 1.807) is 6.26 Å². The van der Waals surface area contributed by atoms with Crippen molar-refractivity contribution in [3.8, 4) is 0 Å². The van der Waals surface area contributed by atoms with Gasteiger partial charge in [-0.1, -0.05) is 24.3 Å². The third-order valence-corrected chi connectivity index (χ3v) is 6.78. The number of nitrogens with zero attached hydrogens (tertiary/aromatic N) is 1. The number of furan rings is 1. The van der Waals surface area contributed by atoms with Crippen molar-refractivity contribution in [2.45, 2.75) is 62.4 Å². The molecule has 4 heteroatoms. The average molecular weight is 364 g/mol. The molecule has 27 heavy (non-hydrogen) atoms. The van der Waals surface area contributed by atoms with Crippen LogP contribution in [0, 0.1) is 0 Å². The molecule has 1 N–H and O–H groups in total. The van der Waals surface area contributed by atoms with Crippen molar-refractivity contribution in [3.05, 3.63) is 59.5 Å². The zero-order chi connectivity index (χ0) is 18.3. The lowest BCUT2D eigenvalue weighted by molar-refractivity contribution is -0.121. The van der Waals surface area contributed by atoms with Gasteiger partial charge in [-0.3, -0.25) is 9.69 Å². The molecule has 0 unspecified atom stereocenters. The molecule has 2 heterocycles. The summed E-state index contributed by atoms with van der Waals surface area (Å²) in [5.74, 6) is 0.618. The number of carbonyl (C=O) groups is 1. The molecule has 142 valence electrons. The molecule has 1 saturated heterocycles. The fraction of sp³-hybridized carbons (Fsp3) is 0.522. The van der Waals surface area contributed by atoms with E-state index in [-0.39, 0.29) is 11.3 Å². The quantitative estimate of drug-likeness (QED) is 0.873. The number of fused-ring (bicyclic) bond motifs is 2. The van der Waals surface area contributed by atoms with Crippen LogP contribution in [-0.4, -0.2) is 29.9 Å². The monoisotopic (exact) mass is 364 g/mol. The number of piperidine rings is 1. The van der Waals surface area contributed by atoms with Crippen molar-refractivity contribution in [2.75, 3.05) is 13.1 Å². The van der Waals surface area contributed by atoms with Crippen molar-refractivity contribution >= 4 is 5.91 Å². The van der Waals surface area contributed by atoms with E-state index in [1.165, 1.54) is 29.5 Å². The predicted octanol–water partition coefficient (Wildman–Crippen LogP) is 3.97. The Morgan fingerprint density at radius 1 is 1.19 bits per heavy atom. The molecule has 1 saturated carbocycles. The first kappa shape index (κ1) is 17.1. The lowest BCUT2D eigenvalue weighted by Crippen LogP contribution is -2.41. The van der Waals surface area contributed by atoms with Gasteiger partial charge in [0, 0.05) is 24.6 Å². The van der Waals surface area contributed by atoms with Crippen LogP contribution in [0.4, 0.5) is 0 Å². The Morgan fingerprint density at radius 3 is 2.74 bits per heavy atom. The molecule has 1 spiro atoms. The number of benzene rings is 1. The van der Waals surface area contributed by atoms with Crippen molar-refractivity contribution in [3.63, 3.8) is 0 Å². The molecule has 2 aromatic rings. The number of nitrogens with one attached hydrogen (secondary N) is 1. The van der Waals surface area contributed by atoms with E-state index >= 15 is 0 Å². The zero-order valence-corrected chi connectivity index (χ0v) is 15.8. The van der Waals surface area contributed by atoms with Crippen LogP contribution in [0.5, 0.6) is 0 Å². The minimum absolute atomic E-state index is 0.242. The van der Waals surface area contributed by atoms with Gasteiger partial charge in [-0.2, -0.15) is 0 Å². The number of rotatable bonds is 5. The van der Waals surface area contributed by atoms with Crippen molar-refractivity contribution in [1.29, 1.82) is 0 Å². The lowest BCUT2D eigenvalue weighted by Gasteiger charge is -2.40. The summed E-state index contributed by atoms with van der Waals surface area (Å²) < 4.78 is 5.21. The van der Waals surface area contributed by atoms with Crippen LogP contribution < -0.4 is 5.32 Å². The van der Waals surface area contributed by atoms with E-state index < -0.39 is 0 Å². The maximum absolute atomic E-state index is 12.4. The van der Waals surface area contributed by atoms with Crippen molar-refractivity contribution in [2.24, 2.45) is 0 Å². The molecule has 0 bridgehead atoms. The van der Waals surface area contributed by atoms with Crippen LogP contribution in [0.25, 0.3) is 0 Å². The summed E-state index contributed by atoms with van der Waals surface area (Å²) in [7, 11) is 0. The van der Waals surface area contributed by atoms with Crippen molar-refractivity contribution < 1.29 is 9.21 Å². The van der Waals surface area contributed by atoms with Gasteiger partial charge in [-0.15, -0.1) is 0 Å². The van der Waals surface area contributed by atoms with E-state index in [4.69, 9.17) is 4.42 Å². The van der Waals surface area contributed by atoms with Crippen molar-refractivity contribution in [1.82, 2.24) is 10.2 Å². The fourth-order valence-corrected chi connectivity index (χ4v) is 5.20. The SMILES string of the molecule is O=C(C[C@H]1CC2(CCN(Cc3ccoc3)CC2)c2ccccc21)NC1CC1. The highest BCUT2D eigenvalue weighted by Gasteiger charge is 2.45. The maximum atomic E-state index is 12.4. The third-order valence-electron chi connectivity index (χ3n) is 6.78. The summed E-state index contributed by atoms with van der Waals surface area (Å²) in [5.41, 5.74) is 4.45. The molecule has 1 aromatic carbocycles. The van der Waals surface area contributed by atoms with Crippen LogP contribution in [0.15, 0.2) is 47.3 Å². The summed E-state index contributed by atoms with van der Waals surface area (Å²) >= 11 is 0. The highest BCUT2D eigenvalue weighted by Crippen LogP contribution is 2.52. The average Bonchev–Trinajstić information content (AvgIpc) is 3.24. The van der Waals surface area contributed by atoms with E-state index in [0.717, 1.165) is 38.9 Å². The van der Waals surface area contributed by atoms with Gasteiger partial charge in [-0.25, -0.2) is 0 Å². The Bertz CT molecular complexity index is 802. The molecule has 2 aliphatic carbocycles. The normalized spacial score (nSPS) is 24.1. The molecular weight excluding hydrogens is 336 g/mol. The van der Waals surface area contributed by atoms with Crippen LogP contribution in [-0.2, 0) is 16.8 Å². The van der Waals surface area contributed by atoms with Crippen LogP contribution in [0.3, 0.4) is 0 Å². The summed E-state index contributed by atoms with van der Waals surface area (Å²) in [6, 6.07) is 11.4. The van der Waals surface area contributed by atoms with E-state index in [9.17, 15) is 4.79 Å². The van der Waals surface area contributed by atoms with Gasteiger partial charge < -0.3 is 9.73 Å². The molecule has 1 aliphatic heterocycles. The number of carbonyl (C=O) groups excluding carboxylic acids is 1. The second-order valence-corrected chi connectivity index (χ2v) is 8.72. The Kier molecular flexibility index (Phi) is 4.31. The van der Waals surface area contributed by atoms with Gasteiger partial charge in [0.1, 0.15) is 0 Å². The summed E-state index contributed by atoms with van der Waals surface area (Å²) in [5, 5.41) is 3.18. The number of hydrogen-bond acceptors (Lipinski definition) is 3. The number of likely N-dealkylation sites (tertiary alicyclic amines) is 1. The smallest absolute Gasteiger partial charge is 0.220 e. The summed E-state index contributed by atoms with van der Waals surface area (Å²) in [4.78, 5) is 15.0. The van der Waals surface area contributed by atoms with Gasteiger partial charge in [0.25, 0.3) is 0 Å². The van der Waals surface area contributed by atoms with Crippen LogP contribution >= 0.6 is 0 Å². The van der Waals surface area contributed by atoms with E-state index in [1.807, 2.05) is 6.26 Å². The maximum Gasteiger partial charge on any atom is 0.220 e. The standard InChI is InChI=1S/C23H28N2O2/c26-22(24-19-5-6-19)13-18-14-23(21-4-2-1-3-20(18)21)8-10-25(11-9-23)15-17-7-12-27-16-17/h1-4,7,12,16,18-19H,5-6,8-11,13-15H2,(H,24,26)/t18-/m0/s1. The highest BCUT2D eigenvalue weighted by molar-refractivity contribution is 5.78. The molecule has 1 amide bonds. The van der Waals surface area contributed by atoms with Gasteiger partial charge in [0.15, 0.2) is 0 Å². The summed E-state index contributed by atoms with van der Waals surface area (Å²) in [6.45, 7) is 3.20. The Morgan fingerprint density at radius 2 is 2.00 bits per heavy atom. The molecule has 0 radical (unpaired) electrons. The zero-order valence-electron chi connectivity index (χ0n) is 15.8. The molecule has 4 nitrogen and oxygen atoms in total. The second kappa shape index (κ2) is 6.83. The minimum atomic E-state index is 0.242. The first-order valence-electron chi connectivity index (χ1n) is 10.3. The predicted molar refractivity (Wildman–Crippen MR) is 104 cm³/mol. The molecule has 1 atom stereocenters. The summed E-state index contributed by atoms with van der Waals surface area (Å²) in [6.07, 6.45) is 10.1. The number of amides is 1. The van der Waals surface area contributed by atoms with Gasteiger partial charge in [0.2, 0.25) is 5.91 Å². The number of hydrogen-bond donors (Lipinski definition) is 1. The topological polar surface area (TPSA) is 45.5 Å². The fourth-order valence-electron chi connectivity index (χ4n) is 5.20. The second-order valence-electron chi connectivity index (χ2n) is 8.72. The largest absolute Gasteiger partial charge is 0.472 e. The Hall–Kier alpha value is -2.07. The highest BCUT2D eigenvalue weighted by atomic mass is 16.3. The Labute approximate surface area is 160 Å². The van der Waals surface area contributed by atoms with Crippen LogP contribution in [0.1, 0.15) is 61.1 Å². The van der Waals surface area contributed by atoms with Gasteiger partial charge >= 0.3 is 0 Å². The molecule has 3 aliphatic rings. The van der Waals surface area contributed by atoms with Crippen LogP contribution in [0.2, 0.25) is 0 Å². The molecular formula is C23H28N2O2. The minimum Gasteiger partial charge on any atom is -0.472 e. The molecule has 1 aromatic heterocycles. The molecule has 2 fully saturated rings.